The van der Waals surface area contributed by atoms with Crippen LogP contribution in [0.25, 0.3) is 0 Å². The average Bonchev–Trinajstić information content (AvgIpc) is 2.66. The first-order chi connectivity index (χ1) is 12.5. The highest BCUT2D eigenvalue weighted by atomic mass is 19.2. The Morgan fingerprint density at radius 1 is 1.23 bits per heavy atom. The number of nitrogens with zero attached hydrogens (tertiary/aromatic N) is 3. The van der Waals surface area contributed by atoms with Gasteiger partial charge in [0.05, 0.1) is 12.1 Å². The molecule has 1 fully saturated rings. The normalized spacial score (nSPS) is 17.2. The van der Waals surface area contributed by atoms with E-state index in [2.05, 4.69) is 9.97 Å². The SMILES string of the molecule is CCc1cnc(OC2CCCN(C(=O)c3ccc(F)c(F)c3F)C2)nc1. The molecular formula is C18H18F3N3O2. The lowest BCUT2D eigenvalue weighted by atomic mass is 10.1. The van der Waals surface area contributed by atoms with Crippen molar-refractivity contribution in [2.75, 3.05) is 13.1 Å². The van der Waals surface area contributed by atoms with Gasteiger partial charge in [-0.3, -0.25) is 4.79 Å². The van der Waals surface area contributed by atoms with Gasteiger partial charge in [0.15, 0.2) is 17.5 Å². The maximum absolute atomic E-state index is 13.9. The minimum atomic E-state index is -1.65. The van der Waals surface area contributed by atoms with Crippen molar-refractivity contribution in [3.63, 3.8) is 0 Å². The van der Waals surface area contributed by atoms with Gasteiger partial charge in [-0.1, -0.05) is 6.92 Å². The Kier molecular flexibility index (Phi) is 5.39. The highest BCUT2D eigenvalue weighted by Gasteiger charge is 2.29. The molecule has 1 saturated heterocycles. The number of ether oxygens (including phenoxy) is 1. The number of amides is 1. The smallest absolute Gasteiger partial charge is 0.316 e. The Hall–Kier alpha value is -2.64. The van der Waals surface area contributed by atoms with Crippen LogP contribution in [0.5, 0.6) is 6.01 Å². The number of benzene rings is 1. The molecule has 3 rings (SSSR count). The molecule has 1 unspecified atom stereocenters. The standard InChI is InChI=1S/C18H18F3N3O2/c1-2-11-8-22-18(23-9-11)26-12-4-3-7-24(10-12)17(25)13-5-6-14(19)16(21)15(13)20/h5-6,8-9,12H,2-4,7,10H2,1H3. The van der Waals surface area contributed by atoms with Crippen LogP contribution in [0, 0.1) is 17.5 Å². The van der Waals surface area contributed by atoms with E-state index in [0.717, 1.165) is 24.1 Å². The molecule has 2 aromatic rings. The lowest BCUT2D eigenvalue weighted by Gasteiger charge is -2.32. The van der Waals surface area contributed by atoms with Crippen LogP contribution in [0.1, 0.15) is 35.7 Å². The zero-order valence-corrected chi connectivity index (χ0v) is 14.2. The molecule has 8 heteroatoms. The van der Waals surface area contributed by atoms with E-state index in [4.69, 9.17) is 4.74 Å². The molecule has 5 nitrogen and oxygen atoms in total. The van der Waals surface area contributed by atoms with Gasteiger partial charge in [0, 0.05) is 18.9 Å². The molecule has 0 N–H and O–H groups in total. The van der Waals surface area contributed by atoms with Crippen molar-refractivity contribution in [2.24, 2.45) is 0 Å². The van der Waals surface area contributed by atoms with Gasteiger partial charge in [0.2, 0.25) is 0 Å². The lowest BCUT2D eigenvalue weighted by molar-refractivity contribution is 0.0510. The highest BCUT2D eigenvalue weighted by molar-refractivity contribution is 5.94. The van der Waals surface area contributed by atoms with E-state index in [9.17, 15) is 18.0 Å². The molecule has 1 aliphatic rings. The van der Waals surface area contributed by atoms with Crippen molar-refractivity contribution in [2.45, 2.75) is 32.3 Å². The predicted octanol–water partition coefficient (Wildman–Crippen LogP) is 3.14. The van der Waals surface area contributed by atoms with Crippen molar-refractivity contribution in [3.05, 3.63) is 53.1 Å². The van der Waals surface area contributed by atoms with E-state index < -0.39 is 28.9 Å². The van der Waals surface area contributed by atoms with Gasteiger partial charge < -0.3 is 9.64 Å². The fourth-order valence-electron chi connectivity index (χ4n) is 2.82. The number of halogens is 3. The maximum Gasteiger partial charge on any atom is 0.316 e. The summed E-state index contributed by atoms with van der Waals surface area (Å²) in [5.41, 5.74) is 0.486. The van der Waals surface area contributed by atoms with Gasteiger partial charge in [0.1, 0.15) is 6.10 Å². The average molecular weight is 365 g/mol. The third-order valence-electron chi connectivity index (χ3n) is 4.29. The Bertz CT molecular complexity index is 799. The number of hydrogen-bond donors (Lipinski definition) is 0. The zero-order valence-electron chi connectivity index (χ0n) is 14.2. The van der Waals surface area contributed by atoms with Crippen molar-refractivity contribution < 1.29 is 22.7 Å². The Morgan fingerprint density at radius 3 is 2.65 bits per heavy atom. The number of likely N-dealkylation sites (tertiary alicyclic amines) is 1. The Balaban J connectivity index is 1.69. The van der Waals surface area contributed by atoms with Crippen LogP contribution in [0.4, 0.5) is 13.2 Å². The number of carbonyl (C=O) groups is 1. The summed E-state index contributed by atoms with van der Waals surface area (Å²) >= 11 is 0. The molecule has 1 aromatic heterocycles. The molecule has 1 aromatic carbocycles. The van der Waals surface area contributed by atoms with E-state index in [1.165, 1.54) is 4.90 Å². The molecule has 0 radical (unpaired) electrons. The van der Waals surface area contributed by atoms with Crippen LogP contribution in [-0.2, 0) is 6.42 Å². The first kappa shape index (κ1) is 18.2. The molecule has 0 aliphatic carbocycles. The van der Waals surface area contributed by atoms with Crippen molar-refractivity contribution >= 4 is 5.91 Å². The van der Waals surface area contributed by atoms with Crippen LogP contribution in [-0.4, -0.2) is 40.0 Å². The number of rotatable bonds is 4. The quantitative estimate of drug-likeness (QED) is 0.781. The molecule has 0 saturated carbocycles. The highest BCUT2D eigenvalue weighted by Crippen LogP contribution is 2.21. The number of hydrogen-bond acceptors (Lipinski definition) is 4. The summed E-state index contributed by atoms with van der Waals surface area (Å²) < 4.78 is 46.0. The fraction of sp³-hybridized carbons (Fsp3) is 0.389. The number of carbonyl (C=O) groups excluding carboxylic acids is 1. The summed E-state index contributed by atoms with van der Waals surface area (Å²) in [6, 6.07) is 1.90. The molecule has 1 atom stereocenters. The third-order valence-corrected chi connectivity index (χ3v) is 4.29. The van der Waals surface area contributed by atoms with Crippen molar-refractivity contribution in [1.82, 2.24) is 14.9 Å². The maximum atomic E-state index is 13.9. The first-order valence-electron chi connectivity index (χ1n) is 8.40. The van der Waals surface area contributed by atoms with Crippen LogP contribution in [0.3, 0.4) is 0 Å². The van der Waals surface area contributed by atoms with Crippen LogP contribution >= 0.6 is 0 Å². The van der Waals surface area contributed by atoms with E-state index in [1.807, 2.05) is 6.92 Å². The summed E-state index contributed by atoms with van der Waals surface area (Å²) in [5.74, 6) is -5.15. The Labute approximate surface area is 148 Å². The zero-order chi connectivity index (χ0) is 18.7. The van der Waals surface area contributed by atoms with Crippen LogP contribution < -0.4 is 4.74 Å². The lowest BCUT2D eigenvalue weighted by Crippen LogP contribution is -2.44. The summed E-state index contributed by atoms with van der Waals surface area (Å²) in [7, 11) is 0. The molecule has 138 valence electrons. The van der Waals surface area contributed by atoms with E-state index >= 15 is 0 Å². The molecule has 0 bridgehead atoms. The topological polar surface area (TPSA) is 55.3 Å². The third kappa shape index (κ3) is 3.79. The predicted molar refractivity (Wildman–Crippen MR) is 87.3 cm³/mol. The molecule has 2 heterocycles. The molecular weight excluding hydrogens is 347 g/mol. The van der Waals surface area contributed by atoms with Gasteiger partial charge in [-0.25, -0.2) is 23.1 Å². The van der Waals surface area contributed by atoms with Gasteiger partial charge >= 0.3 is 6.01 Å². The Morgan fingerprint density at radius 2 is 1.96 bits per heavy atom. The summed E-state index contributed by atoms with van der Waals surface area (Å²) in [6.07, 6.45) is 5.12. The monoisotopic (exact) mass is 365 g/mol. The first-order valence-corrected chi connectivity index (χ1v) is 8.40. The van der Waals surface area contributed by atoms with Gasteiger partial charge in [-0.05, 0) is 37.0 Å². The number of aryl methyl sites for hydroxylation is 1. The van der Waals surface area contributed by atoms with Crippen LogP contribution in [0.2, 0.25) is 0 Å². The van der Waals surface area contributed by atoms with Gasteiger partial charge in [-0.2, -0.15) is 0 Å². The fourth-order valence-corrected chi connectivity index (χ4v) is 2.82. The number of aromatic nitrogens is 2. The second-order valence-corrected chi connectivity index (χ2v) is 6.08. The summed E-state index contributed by atoms with van der Waals surface area (Å²) in [6.45, 7) is 2.56. The second kappa shape index (κ2) is 7.72. The van der Waals surface area contributed by atoms with Crippen molar-refractivity contribution in [1.29, 1.82) is 0 Å². The van der Waals surface area contributed by atoms with E-state index in [0.29, 0.717) is 19.4 Å². The number of piperidine rings is 1. The van der Waals surface area contributed by atoms with Gasteiger partial charge in [0.25, 0.3) is 5.91 Å². The minimum Gasteiger partial charge on any atom is -0.458 e. The largest absolute Gasteiger partial charge is 0.458 e. The minimum absolute atomic E-state index is 0.191. The van der Waals surface area contributed by atoms with E-state index in [1.54, 1.807) is 12.4 Å². The second-order valence-electron chi connectivity index (χ2n) is 6.08. The van der Waals surface area contributed by atoms with Crippen LogP contribution in [0.15, 0.2) is 24.5 Å². The van der Waals surface area contributed by atoms with E-state index in [-0.39, 0.29) is 18.7 Å². The summed E-state index contributed by atoms with van der Waals surface area (Å²) in [5, 5.41) is 0. The summed E-state index contributed by atoms with van der Waals surface area (Å²) in [4.78, 5) is 22.1. The molecule has 1 amide bonds. The molecule has 0 spiro atoms. The van der Waals surface area contributed by atoms with Gasteiger partial charge in [-0.15, -0.1) is 0 Å². The van der Waals surface area contributed by atoms with Crippen molar-refractivity contribution in [3.8, 4) is 6.01 Å². The molecule has 26 heavy (non-hydrogen) atoms. The molecule has 1 aliphatic heterocycles.